The van der Waals surface area contributed by atoms with E-state index < -0.39 is 0 Å². The van der Waals surface area contributed by atoms with Gasteiger partial charge in [0.05, 0.1) is 21.0 Å². The van der Waals surface area contributed by atoms with E-state index in [9.17, 15) is 4.79 Å². The number of rotatable bonds is 2. The molecule has 1 fully saturated rings. The molecular formula is C21H16ClN3OS2. The molecule has 0 bridgehead atoms. The fourth-order valence-electron chi connectivity index (χ4n) is 3.46. The van der Waals surface area contributed by atoms with E-state index in [0.717, 1.165) is 32.2 Å². The fourth-order valence-corrected chi connectivity index (χ4v) is 6.10. The second-order valence-corrected chi connectivity index (χ2v) is 9.66. The zero-order valence-electron chi connectivity index (χ0n) is 15.2. The first-order valence-electron chi connectivity index (χ1n) is 8.92. The number of carbonyl (C=O) groups is 1. The van der Waals surface area contributed by atoms with Crippen LogP contribution in [0.2, 0.25) is 5.15 Å². The minimum atomic E-state index is -0.243. The lowest BCUT2D eigenvalue weighted by Crippen LogP contribution is -2.30. The Morgan fingerprint density at radius 3 is 2.71 bits per heavy atom. The monoisotopic (exact) mass is 425 g/mol. The maximum absolute atomic E-state index is 13.0. The Morgan fingerprint density at radius 1 is 1.07 bits per heavy atom. The van der Waals surface area contributed by atoms with Crippen molar-refractivity contribution in [1.82, 2.24) is 9.97 Å². The maximum atomic E-state index is 13.0. The average Bonchev–Trinajstić information content (AvgIpc) is 3.22. The molecule has 3 heterocycles. The molecule has 2 unspecified atom stereocenters. The second-order valence-electron chi connectivity index (χ2n) is 6.87. The van der Waals surface area contributed by atoms with Gasteiger partial charge in [-0.2, -0.15) is 0 Å². The number of thiazole rings is 1. The molecule has 5 rings (SSSR count). The van der Waals surface area contributed by atoms with Crippen LogP contribution in [-0.2, 0) is 4.79 Å². The van der Waals surface area contributed by atoms with Crippen LogP contribution in [0.25, 0.3) is 21.1 Å². The van der Waals surface area contributed by atoms with E-state index in [-0.39, 0.29) is 16.5 Å². The van der Waals surface area contributed by atoms with Gasteiger partial charge in [-0.25, -0.2) is 9.97 Å². The Labute approximate surface area is 175 Å². The molecule has 2 aromatic carbocycles. The summed E-state index contributed by atoms with van der Waals surface area (Å²) in [7, 11) is 0. The summed E-state index contributed by atoms with van der Waals surface area (Å²) in [5, 5.41) is 1.75. The third-order valence-electron chi connectivity index (χ3n) is 4.86. The van der Waals surface area contributed by atoms with Crippen molar-refractivity contribution in [3.8, 4) is 0 Å². The molecule has 4 aromatic rings. The Morgan fingerprint density at radius 2 is 1.89 bits per heavy atom. The van der Waals surface area contributed by atoms with Gasteiger partial charge in [-0.15, -0.1) is 11.8 Å². The third-order valence-corrected chi connectivity index (χ3v) is 7.53. The summed E-state index contributed by atoms with van der Waals surface area (Å²) in [5.41, 5.74) is 3.76. The molecule has 2 aromatic heterocycles. The number of thioether (sulfide) groups is 1. The molecule has 140 valence electrons. The van der Waals surface area contributed by atoms with E-state index in [0.29, 0.717) is 10.3 Å². The number of hydrogen-bond donors (Lipinski definition) is 0. The molecule has 1 amide bonds. The highest BCUT2D eigenvalue weighted by Gasteiger charge is 2.42. The van der Waals surface area contributed by atoms with Gasteiger partial charge >= 0.3 is 0 Å². The predicted octanol–water partition coefficient (Wildman–Crippen LogP) is 5.97. The zero-order valence-corrected chi connectivity index (χ0v) is 17.6. The molecule has 0 saturated carbocycles. The number of pyridine rings is 1. The van der Waals surface area contributed by atoms with Gasteiger partial charge in [-0.3, -0.25) is 9.69 Å². The van der Waals surface area contributed by atoms with Gasteiger partial charge < -0.3 is 0 Å². The number of benzene rings is 2. The van der Waals surface area contributed by atoms with Crippen molar-refractivity contribution in [2.75, 3.05) is 4.90 Å². The van der Waals surface area contributed by atoms with Crippen molar-refractivity contribution in [2.45, 2.75) is 24.5 Å². The molecule has 0 N–H and O–H groups in total. The number of anilines is 1. The number of aryl methyl sites for hydroxylation is 1. The first-order valence-corrected chi connectivity index (χ1v) is 11.1. The zero-order chi connectivity index (χ0) is 19.4. The van der Waals surface area contributed by atoms with Crippen LogP contribution in [0.4, 0.5) is 5.13 Å². The smallest absolute Gasteiger partial charge is 0.242 e. The lowest BCUT2D eigenvalue weighted by molar-refractivity contribution is -0.117. The van der Waals surface area contributed by atoms with Crippen LogP contribution in [0, 0.1) is 6.92 Å². The molecule has 1 saturated heterocycles. The lowest BCUT2D eigenvalue weighted by Gasteiger charge is -2.22. The van der Waals surface area contributed by atoms with Crippen molar-refractivity contribution in [1.29, 1.82) is 0 Å². The van der Waals surface area contributed by atoms with Crippen LogP contribution < -0.4 is 4.90 Å². The molecule has 28 heavy (non-hydrogen) atoms. The molecule has 0 aliphatic carbocycles. The van der Waals surface area contributed by atoms with Gasteiger partial charge in [0.15, 0.2) is 5.13 Å². The van der Waals surface area contributed by atoms with E-state index in [4.69, 9.17) is 16.6 Å². The summed E-state index contributed by atoms with van der Waals surface area (Å²) in [6.45, 7) is 3.98. The summed E-state index contributed by atoms with van der Waals surface area (Å²) < 4.78 is 1.06. The van der Waals surface area contributed by atoms with Crippen molar-refractivity contribution >= 4 is 66.9 Å². The number of hydrogen-bond acceptors (Lipinski definition) is 5. The Balaban J connectivity index is 1.66. The topological polar surface area (TPSA) is 46.1 Å². The lowest BCUT2D eigenvalue weighted by atomic mass is 10.1. The van der Waals surface area contributed by atoms with Crippen LogP contribution in [0.15, 0.2) is 48.5 Å². The predicted molar refractivity (Wildman–Crippen MR) is 118 cm³/mol. The number of para-hydroxylation sites is 1. The number of halogens is 1. The van der Waals surface area contributed by atoms with Crippen LogP contribution in [0.1, 0.15) is 23.4 Å². The molecule has 1 aliphatic heterocycles. The molecule has 1 aliphatic rings. The molecular weight excluding hydrogens is 410 g/mol. The summed E-state index contributed by atoms with van der Waals surface area (Å²) in [4.78, 5) is 24.1. The van der Waals surface area contributed by atoms with Crippen molar-refractivity contribution in [2.24, 2.45) is 0 Å². The minimum Gasteiger partial charge on any atom is -0.273 e. The minimum absolute atomic E-state index is 0.0504. The van der Waals surface area contributed by atoms with Gasteiger partial charge in [-0.05, 0) is 44.2 Å². The normalized spacial score (nSPS) is 19.8. The molecule has 0 spiro atoms. The highest BCUT2D eigenvalue weighted by Crippen LogP contribution is 2.48. The molecule has 2 atom stereocenters. The highest BCUT2D eigenvalue weighted by molar-refractivity contribution is 8.01. The SMILES string of the molecule is Cc1ccc2nc(Cl)c(C3SC(C)C(=O)N3c3nc4ccccc4s3)cc2c1. The summed E-state index contributed by atoms with van der Waals surface area (Å²) in [5.74, 6) is 0.0504. The Kier molecular flexibility index (Phi) is 4.30. The van der Waals surface area contributed by atoms with Gasteiger partial charge in [0.2, 0.25) is 5.91 Å². The van der Waals surface area contributed by atoms with Crippen LogP contribution >= 0.6 is 34.7 Å². The standard InChI is InChI=1S/C21H16ClN3OS2/c1-11-7-8-15-13(9-11)10-14(18(22)23-15)20-25(19(26)12(2)27-20)21-24-16-5-3-4-6-17(16)28-21/h3-10,12,20H,1-2H3. The summed E-state index contributed by atoms with van der Waals surface area (Å²) in [6.07, 6.45) is 0. The Hall–Kier alpha value is -2.15. The van der Waals surface area contributed by atoms with E-state index in [1.807, 2.05) is 43.3 Å². The largest absolute Gasteiger partial charge is 0.273 e. The number of nitrogens with zero attached hydrogens (tertiary/aromatic N) is 3. The van der Waals surface area contributed by atoms with Gasteiger partial charge in [-0.1, -0.05) is 46.7 Å². The van der Waals surface area contributed by atoms with Crippen LogP contribution in [0.3, 0.4) is 0 Å². The average molecular weight is 426 g/mol. The fraction of sp³-hybridized carbons (Fsp3) is 0.190. The van der Waals surface area contributed by atoms with E-state index >= 15 is 0 Å². The van der Waals surface area contributed by atoms with Crippen LogP contribution in [0.5, 0.6) is 0 Å². The van der Waals surface area contributed by atoms with E-state index in [1.54, 1.807) is 16.7 Å². The van der Waals surface area contributed by atoms with Gasteiger partial charge in [0.25, 0.3) is 0 Å². The van der Waals surface area contributed by atoms with Crippen molar-refractivity contribution in [3.05, 3.63) is 64.8 Å². The second kappa shape index (κ2) is 6.72. The van der Waals surface area contributed by atoms with E-state index in [2.05, 4.69) is 24.0 Å². The van der Waals surface area contributed by atoms with E-state index in [1.165, 1.54) is 11.3 Å². The summed E-state index contributed by atoms with van der Waals surface area (Å²) in [6, 6.07) is 16.1. The van der Waals surface area contributed by atoms with Crippen LogP contribution in [-0.4, -0.2) is 21.1 Å². The van der Waals surface area contributed by atoms with Crippen molar-refractivity contribution in [3.63, 3.8) is 0 Å². The first-order chi connectivity index (χ1) is 13.5. The molecule has 7 heteroatoms. The third kappa shape index (κ3) is 2.87. The molecule has 4 nitrogen and oxygen atoms in total. The maximum Gasteiger partial charge on any atom is 0.242 e. The molecule has 0 radical (unpaired) electrons. The Bertz CT molecular complexity index is 1210. The van der Waals surface area contributed by atoms with Crippen molar-refractivity contribution < 1.29 is 4.79 Å². The number of carbonyl (C=O) groups excluding carboxylic acids is 1. The van der Waals surface area contributed by atoms with Gasteiger partial charge in [0, 0.05) is 10.9 Å². The number of amides is 1. The first kappa shape index (κ1) is 17.9. The number of aromatic nitrogens is 2. The summed E-state index contributed by atoms with van der Waals surface area (Å²) >= 11 is 9.68. The highest BCUT2D eigenvalue weighted by atomic mass is 35.5. The van der Waals surface area contributed by atoms with Gasteiger partial charge in [0.1, 0.15) is 10.5 Å². The number of fused-ring (bicyclic) bond motifs is 2. The quantitative estimate of drug-likeness (QED) is 0.371.